The maximum absolute atomic E-state index is 12.5. The van der Waals surface area contributed by atoms with Gasteiger partial charge < -0.3 is 20.2 Å². The minimum absolute atomic E-state index is 0.152. The number of halogens is 1. The van der Waals surface area contributed by atoms with Gasteiger partial charge in [0.1, 0.15) is 0 Å². The molecule has 0 spiro atoms. The summed E-state index contributed by atoms with van der Waals surface area (Å²) in [6.45, 7) is 3.79. The summed E-state index contributed by atoms with van der Waals surface area (Å²) < 4.78 is 1.58. The number of para-hydroxylation sites is 1. The van der Waals surface area contributed by atoms with Gasteiger partial charge in [0.25, 0.3) is 5.56 Å². The molecule has 0 atom stereocenters. The van der Waals surface area contributed by atoms with Gasteiger partial charge in [-0.05, 0) is 35.9 Å². The normalized spacial score (nSPS) is 10.8. The average molecular weight is 497 g/mol. The van der Waals surface area contributed by atoms with Gasteiger partial charge in [-0.25, -0.2) is 9.97 Å². The number of nitrogens with one attached hydrogen (secondary N) is 3. The summed E-state index contributed by atoms with van der Waals surface area (Å²) in [5.74, 6) is 0.0715. The molecule has 3 heterocycles. The molecular formula is C27H21ClN6O2. The number of carbonyl (C=O) groups excluding carboxylic acids is 1. The van der Waals surface area contributed by atoms with E-state index in [4.69, 9.17) is 11.6 Å². The van der Waals surface area contributed by atoms with Gasteiger partial charge in [-0.1, -0.05) is 48.5 Å². The molecule has 0 saturated heterocycles. The van der Waals surface area contributed by atoms with Gasteiger partial charge in [0.2, 0.25) is 11.9 Å². The highest BCUT2D eigenvalue weighted by molar-refractivity contribution is 6.33. The van der Waals surface area contributed by atoms with E-state index < -0.39 is 0 Å². The summed E-state index contributed by atoms with van der Waals surface area (Å²) in [6, 6.07) is 18.3. The van der Waals surface area contributed by atoms with Crippen molar-refractivity contribution in [2.75, 3.05) is 10.6 Å². The number of rotatable bonds is 7. The number of fused-ring (bicyclic) bond motifs is 1. The number of anilines is 3. The zero-order valence-corrected chi connectivity index (χ0v) is 19.8. The number of benzene rings is 2. The summed E-state index contributed by atoms with van der Waals surface area (Å²) >= 11 is 6.43. The number of hydrogen-bond acceptors (Lipinski definition) is 5. The van der Waals surface area contributed by atoms with E-state index in [0.29, 0.717) is 34.6 Å². The van der Waals surface area contributed by atoms with Gasteiger partial charge in [0.15, 0.2) is 0 Å². The van der Waals surface area contributed by atoms with E-state index in [1.807, 2.05) is 42.6 Å². The van der Waals surface area contributed by atoms with Crippen molar-refractivity contribution in [3.63, 3.8) is 0 Å². The van der Waals surface area contributed by atoms with Crippen LogP contribution in [0.25, 0.3) is 22.2 Å². The summed E-state index contributed by atoms with van der Waals surface area (Å²) in [5, 5.41) is 7.30. The zero-order chi connectivity index (χ0) is 25.1. The first kappa shape index (κ1) is 23.1. The Morgan fingerprint density at radius 2 is 1.86 bits per heavy atom. The Labute approximate surface area is 211 Å². The number of pyridine rings is 1. The number of aromatic amines is 1. The largest absolute Gasteiger partial charge is 0.360 e. The lowest BCUT2D eigenvalue weighted by atomic mass is 10.1. The van der Waals surface area contributed by atoms with Crippen molar-refractivity contribution in [2.45, 2.75) is 6.54 Å². The number of H-pyrrole nitrogens is 1. The first-order valence-electron chi connectivity index (χ1n) is 11.1. The fourth-order valence-corrected chi connectivity index (χ4v) is 4.02. The van der Waals surface area contributed by atoms with Crippen LogP contribution in [0.5, 0.6) is 0 Å². The fourth-order valence-electron chi connectivity index (χ4n) is 3.83. The lowest BCUT2D eigenvalue weighted by Gasteiger charge is -2.11. The molecule has 0 aliphatic rings. The molecule has 0 unspecified atom stereocenters. The second-order valence-electron chi connectivity index (χ2n) is 8.04. The number of amides is 1. The third-order valence-electron chi connectivity index (χ3n) is 5.59. The second-order valence-corrected chi connectivity index (χ2v) is 8.44. The smallest absolute Gasteiger partial charge is 0.250 e. The Balaban J connectivity index is 1.37. The Morgan fingerprint density at radius 1 is 1.08 bits per heavy atom. The van der Waals surface area contributed by atoms with E-state index >= 15 is 0 Å². The monoisotopic (exact) mass is 496 g/mol. The molecule has 1 amide bonds. The van der Waals surface area contributed by atoms with Crippen molar-refractivity contribution >= 4 is 45.7 Å². The number of hydrogen-bond donors (Lipinski definition) is 3. The van der Waals surface area contributed by atoms with E-state index in [0.717, 1.165) is 22.0 Å². The van der Waals surface area contributed by atoms with Crippen LogP contribution in [0.3, 0.4) is 0 Å². The maximum atomic E-state index is 12.5. The van der Waals surface area contributed by atoms with E-state index in [1.54, 1.807) is 35.2 Å². The van der Waals surface area contributed by atoms with Crippen LogP contribution in [0.15, 0.2) is 96.7 Å². The van der Waals surface area contributed by atoms with Crippen LogP contribution in [0.4, 0.5) is 17.3 Å². The minimum atomic E-state index is -0.282. The lowest BCUT2D eigenvalue weighted by Crippen LogP contribution is -2.19. The maximum Gasteiger partial charge on any atom is 0.250 e. The van der Waals surface area contributed by atoms with Crippen LogP contribution in [-0.4, -0.2) is 25.4 Å². The van der Waals surface area contributed by atoms with Gasteiger partial charge in [-0.3, -0.25) is 9.59 Å². The molecule has 0 aliphatic heterocycles. The zero-order valence-electron chi connectivity index (χ0n) is 19.0. The predicted molar refractivity (Wildman–Crippen MR) is 143 cm³/mol. The standard InChI is InChI=1S/C27H21ClN6O2/c1-2-24(35)31-18-9-7-17(8-10-18)15-34-16-19(11-12-25(34)36)32-27-30-14-22(28)26(33-27)21-13-29-23-6-4-3-5-20(21)23/h2-14,16,29H,1,15H2,(H,31,35)(H,30,32,33). The number of nitrogens with zero attached hydrogens (tertiary/aromatic N) is 3. The van der Waals surface area contributed by atoms with Crippen LogP contribution >= 0.6 is 11.6 Å². The van der Waals surface area contributed by atoms with Crippen molar-refractivity contribution in [1.82, 2.24) is 19.5 Å². The molecular weight excluding hydrogens is 476 g/mol. The molecule has 5 aromatic rings. The molecule has 9 heteroatoms. The quantitative estimate of drug-likeness (QED) is 0.263. The molecule has 0 bridgehead atoms. The van der Waals surface area contributed by atoms with Crippen molar-refractivity contribution in [3.05, 3.63) is 113 Å². The molecule has 0 aliphatic carbocycles. The van der Waals surface area contributed by atoms with Gasteiger partial charge >= 0.3 is 0 Å². The van der Waals surface area contributed by atoms with E-state index in [9.17, 15) is 9.59 Å². The molecule has 0 fully saturated rings. The van der Waals surface area contributed by atoms with Crippen molar-refractivity contribution < 1.29 is 4.79 Å². The lowest BCUT2D eigenvalue weighted by molar-refractivity contribution is -0.111. The van der Waals surface area contributed by atoms with Gasteiger partial charge in [0, 0.05) is 40.6 Å². The van der Waals surface area contributed by atoms with Gasteiger partial charge in [-0.15, -0.1) is 0 Å². The highest BCUT2D eigenvalue weighted by Gasteiger charge is 2.13. The Hall–Kier alpha value is -4.69. The second kappa shape index (κ2) is 9.89. The highest BCUT2D eigenvalue weighted by atomic mass is 35.5. The van der Waals surface area contributed by atoms with Crippen molar-refractivity contribution in [1.29, 1.82) is 0 Å². The minimum Gasteiger partial charge on any atom is -0.360 e. The molecule has 2 aromatic carbocycles. The van der Waals surface area contributed by atoms with Crippen LogP contribution in [0, 0.1) is 0 Å². The SMILES string of the molecule is C=CC(=O)Nc1ccc(Cn2cc(Nc3ncc(Cl)c(-c4c[nH]c5ccccc45)n3)ccc2=O)cc1. The van der Waals surface area contributed by atoms with Gasteiger partial charge in [-0.2, -0.15) is 0 Å². The molecule has 178 valence electrons. The molecule has 3 N–H and O–H groups in total. The summed E-state index contributed by atoms with van der Waals surface area (Å²) in [6.07, 6.45) is 6.34. The molecule has 0 saturated carbocycles. The summed E-state index contributed by atoms with van der Waals surface area (Å²) in [7, 11) is 0. The van der Waals surface area contributed by atoms with Crippen LogP contribution in [0.2, 0.25) is 5.02 Å². The van der Waals surface area contributed by atoms with Crippen LogP contribution < -0.4 is 16.2 Å². The molecule has 5 rings (SSSR count). The molecule has 0 radical (unpaired) electrons. The predicted octanol–water partition coefficient (Wildman–Crippen LogP) is 5.36. The van der Waals surface area contributed by atoms with E-state index in [-0.39, 0.29) is 11.5 Å². The van der Waals surface area contributed by atoms with Crippen LogP contribution in [-0.2, 0) is 11.3 Å². The fraction of sp³-hybridized carbons (Fsp3) is 0.0370. The molecule has 36 heavy (non-hydrogen) atoms. The Kier molecular flexibility index (Phi) is 6.34. The third kappa shape index (κ3) is 4.89. The number of aromatic nitrogens is 4. The Bertz CT molecular complexity index is 1640. The van der Waals surface area contributed by atoms with Gasteiger partial charge in [0.05, 0.1) is 29.1 Å². The molecule has 3 aromatic heterocycles. The van der Waals surface area contributed by atoms with E-state index in [1.165, 1.54) is 12.1 Å². The Morgan fingerprint density at radius 3 is 2.67 bits per heavy atom. The average Bonchev–Trinajstić information content (AvgIpc) is 3.32. The summed E-state index contributed by atoms with van der Waals surface area (Å²) in [4.78, 5) is 36.1. The number of carbonyl (C=O) groups is 1. The third-order valence-corrected chi connectivity index (χ3v) is 5.86. The molecule has 8 nitrogen and oxygen atoms in total. The first-order chi connectivity index (χ1) is 17.5. The summed E-state index contributed by atoms with van der Waals surface area (Å²) in [5.41, 5.74) is 4.51. The first-order valence-corrected chi connectivity index (χ1v) is 11.5. The van der Waals surface area contributed by atoms with E-state index in [2.05, 4.69) is 32.2 Å². The highest BCUT2D eigenvalue weighted by Crippen LogP contribution is 2.32. The van der Waals surface area contributed by atoms with Crippen LogP contribution in [0.1, 0.15) is 5.56 Å². The van der Waals surface area contributed by atoms with Crippen molar-refractivity contribution in [3.8, 4) is 11.3 Å². The topological polar surface area (TPSA) is 105 Å². The van der Waals surface area contributed by atoms with Crippen molar-refractivity contribution in [2.24, 2.45) is 0 Å².